The van der Waals surface area contributed by atoms with Crippen LogP contribution in [0.1, 0.15) is 18.1 Å². The normalized spacial score (nSPS) is 11.9. The third-order valence-electron chi connectivity index (χ3n) is 4.28. The molecule has 0 amide bonds. The summed E-state index contributed by atoms with van der Waals surface area (Å²) in [5, 5.41) is 4.39. The van der Waals surface area contributed by atoms with E-state index in [1.165, 1.54) is 15.9 Å². The zero-order valence-corrected chi connectivity index (χ0v) is 16.6. The summed E-state index contributed by atoms with van der Waals surface area (Å²) in [6.07, 6.45) is 1.81. The molecule has 28 heavy (non-hydrogen) atoms. The standard InChI is InChI=1S/C21H19N3O3S/c1-4-27-16-10-7-14(11-17(16)26-3)12-18-20(25)24-21(28-18)22-19(23-24)15-8-5-13(2)6-9-15/h5-12H,4H2,1-3H3. The molecule has 0 aliphatic carbocycles. The van der Waals surface area contributed by atoms with Gasteiger partial charge < -0.3 is 9.47 Å². The molecule has 2 heterocycles. The van der Waals surface area contributed by atoms with E-state index in [1.807, 2.05) is 62.4 Å². The molecule has 0 radical (unpaired) electrons. The van der Waals surface area contributed by atoms with Gasteiger partial charge in [-0.15, -0.1) is 5.10 Å². The van der Waals surface area contributed by atoms with Crippen LogP contribution in [0.4, 0.5) is 0 Å². The topological polar surface area (TPSA) is 65.7 Å². The molecule has 4 aromatic rings. The lowest BCUT2D eigenvalue weighted by atomic mass is 10.1. The first kappa shape index (κ1) is 18.2. The van der Waals surface area contributed by atoms with Crippen LogP contribution in [0, 0.1) is 6.92 Å². The van der Waals surface area contributed by atoms with Crippen LogP contribution in [0.2, 0.25) is 0 Å². The Morgan fingerprint density at radius 2 is 1.93 bits per heavy atom. The number of benzene rings is 2. The highest BCUT2D eigenvalue weighted by atomic mass is 32.1. The van der Waals surface area contributed by atoms with Crippen LogP contribution < -0.4 is 19.6 Å². The first-order valence-electron chi connectivity index (χ1n) is 8.88. The van der Waals surface area contributed by atoms with Crippen LogP contribution >= 0.6 is 11.3 Å². The van der Waals surface area contributed by atoms with Crippen molar-refractivity contribution in [3.63, 3.8) is 0 Å². The second-order valence-corrected chi connectivity index (χ2v) is 7.26. The lowest BCUT2D eigenvalue weighted by Crippen LogP contribution is -2.23. The van der Waals surface area contributed by atoms with Gasteiger partial charge in [-0.2, -0.15) is 9.50 Å². The molecule has 2 aromatic carbocycles. The van der Waals surface area contributed by atoms with Gasteiger partial charge in [0.25, 0.3) is 5.56 Å². The number of fused-ring (bicyclic) bond motifs is 1. The molecule has 0 saturated heterocycles. The van der Waals surface area contributed by atoms with Crippen molar-refractivity contribution >= 4 is 22.4 Å². The number of thiazole rings is 1. The van der Waals surface area contributed by atoms with Gasteiger partial charge in [-0.1, -0.05) is 47.2 Å². The number of aromatic nitrogens is 3. The average Bonchev–Trinajstić information content (AvgIpc) is 3.23. The number of hydrogen-bond donors (Lipinski definition) is 0. The Labute approximate surface area is 165 Å². The van der Waals surface area contributed by atoms with Crippen LogP contribution in [0.3, 0.4) is 0 Å². The van der Waals surface area contributed by atoms with E-state index < -0.39 is 0 Å². The number of ether oxygens (including phenoxy) is 2. The zero-order valence-electron chi connectivity index (χ0n) is 15.8. The van der Waals surface area contributed by atoms with Gasteiger partial charge >= 0.3 is 0 Å². The highest BCUT2D eigenvalue weighted by Crippen LogP contribution is 2.28. The minimum absolute atomic E-state index is 0.182. The Balaban J connectivity index is 1.74. The molecule has 7 heteroatoms. The SMILES string of the molecule is CCOc1ccc(C=c2sc3nc(-c4ccc(C)cc4)nn3c2=O)cc1OC. The average molecular weight is 393 g/mol. The summed E-state index contributed by atoms with van der Waals surface area (Å²) in [5.41, 5.74) is 2.72. The number of nitrogens with zero attached hydrogens (tertiary/aromatic N) is 3. The van der Waals surface area contributed by atoms with Gasteiger partial charge in [0.05, 0.1) is 18.2 Å². The van der Waals surface area contributed by atoms with Crippen LogP contribution in [0.15, 0.2) is 47.3 Å². The van der Waals surface area contributed by atoms with Gasteiger partial charge in [0.15, 0.2) is 17.3 Å². The molecule has 0 atom stereocenters. The third-order valence-corrected chi connectivity index (χ3v) is 5.24. The molecule has 142 valence electrons. The van der Waals surface area contributed by atoms with E-state index in [1.54, 1.807) is 7.11 Å². The maximum atomic E-state index is 12.7. The van der Waals surface area contributed by atoms with Crippen molar-refractivity contribution in [2.24, 2.45) is 0 Å². The summed E-state index contributed by atoms with van der Waals surface area (Å²) < 4.78 is 12.8. The number of aryl methyl sites for hydroxylation is 1. The summed E-state index contributed by atoms with van der Waals surface area (Å²) in [6, 6.07) is 13.5. The van der Waals surface area contributed by atoms with E-state index in [-0.39, 0.29) is 5.56 Å². The fourth-order valence-corrected chi connectivity index (χ4v) is 3.77. The van der Waals surface area contributed by atoms with Crippen molar-refractivity contribution in [1.82, 2.24) is 14.6 Å². The van der Waals surface area contributed by atoms with E-state index in [0.29, 0.717) is 33.4 Å². The van der Waals surface area contributed by atoms with Crippen LogP contribution in [0.25, 0.3) is 22.4 Å². The van der Waals surface area contributed by atoms with E-state index in [4.69, 9.17) is 9.47 Å². The predicted octanol–water partition coefficient (Wildman–Crippen LogP) is 3.08. The molecule has 2 aromatic heterocycles. The molecule has 0 bridgehead atoms. The van der Waals surface area contributed by atoms with Crippen molar-refractivity contribution in [1.29, 1.82) is 0 Å². The largest absolute Gasteiger partial charge is 0.493 e. The summed E-state index contributed by atoms with van der Waals surface area (Å²) in [7, 11) is 1.59. The Kier molecular flexibility index (Phi) is 4.83. The molecule has 0 fully saturated rings. The van der Waals surface area contributed by atoms with Crippen molar-refractivity contribution in [2.45, 2.75) is 13.8 Å². The minimum Gasteiger partial charge on any atom is -0.493 e. The van der Waals surface area contributed by atoms with E-state index in [0.717, 1.165) is 16.7 Å². The first-order valence-corrected chi connectivity index (χ1v) is 9.70. The lowest BCUT2D eigenvalue weighted by Gasteiger charge is -2.09. The van der Waals surface area contributed by atoms with Crippen molar-refractivity contribution in [2.75, 3.05) is 13.7 Å². The van der Waals surface area contributed by atoms with E-state index in [9.17, 15) is 4.79 Å². The van der Waals surface area contributed by atoms with Gasteiger partial charge in [0.2, 0.25) is 4.96 Å². The smallest absolute Gasteiger partial charge is 0.291 e. The zero-order chi connectivity index (χ0) is 19.7. The molecule has 0 spiro atoms. The summed E-state index contributed by atoms with van der Waals surface area (Å²) >= 11 is 1.31. The van der Waals surface area contributed by atoms with Gasteiger partial charge in [0.1, 0.15) is 0 Å². The van der Waals surface area contributed by atoms with Crippen molar-refractivity contribution < 1.29 is 9.47 Å². The minimum atomic E-state index is -0.182. The van der Waals surface area contributed by atoms with Gasteiger partial charge in [-0.25, -0.2) is 0 Å². The second-order valence-electron chi connectivity index (χ2n) is 6.25. The summed E-state index contributed by atoms with van der Waals surface area (Å²) in [4.78, 5) is 17.8. The third kappa shape index (κ3) is 3.36. The molecule has 0 N–H and O–H groups in total. The molecule has 0 unspecified atom stereocenters. The molecule has 6 nitrogen and oxygen atoms in total. The Morgan fingerprint density at radius 1 is 1.14 bits per heavy atom. The van der Waals surface area contributed by atoms with Gasteiger partial charge in [-0.05, 0) is 37.6 Å². The number of methoxy groups -OCH3 is 1. The lowest BCUT2D eigenvalue weighted by molar-refractivity contribution is 0.311. The maximum Gasteiger partial charge on any atom is 0.291 e. The maximum absolute atomic E-state index is 12.7. The molecular weight excluding hydrogens is 374 g/mol. The molecule has 0 saturated carbocycles. The van der Waals surface area contributed by atoms with Crippen molar-refractivity contribution in [3.8, 4) is 22.9 Å². The molecule has 4 rings (SSSR count). The second kappa shape index (κ2) is 7.44. The van der Waals surface area contributed by atoms with E-state index >= 15 is 0 Å². The Morgan fingerprint density at radius 3 is 2.61 bits per heavy atom. The fourth-order valence-electron chi connectivity index (χ4n) is 2.86. The Bertz CT molecular complexity index is 1240. The number of hydrogen-bond acceptors (Lipinski definition) is 6. The van der Waals surface area contributed by atoms with Gasteiger partial charge in [-0.3, -0.25) is 4.79 Å². The first-order chi connectivity index (χ1) is 13.6. The predicted molar refractivity (Wildman–Crippen MR) is 110 cm³/mol. The summed E-state index contributed by atoms with van der Waals surface area (Å²) in [5.74, 6) is 1.86. The van der Waals surface area contributed by atoms with E-state index in [2.05, 4.69) is 10.1 Å². The monoisotopic (exact) mass is 393 g/mol. The molecule has 0 aliphatic rings. The highest BCUT2D eigenvalue weighted by Gasteiger charge is 2.12. The summed E-state index contributed by atoms with van der Waals surface area (Å²) in [6.45, 7) is 4.50. The molecular formula is C21H19N3O3S. The van der Waals surface area contributed by atoms with Crippen LogP contribution in [-0.2, 0) is 0 Å². The Hall–Kier alpha value is -3.19. The van der Waals surface area contributed by atoms with Crippen molar-refractivity contribution in [3.05, 3.63) is 68.5 Å². The molecule has 0 aliphatic heterocycles. The van der Waals surface area contributed by atoms with Gasteiger partial charge in [0, 0.05) is 5.56 Å². The fraction of sp³-hybridized carbons (Fsp3) is 0.190. The highest BCUT2D eigenvalue weighted by molar-refractivity contribution is 7.15. The van der Waals surface area contributed by atoms with Crippen LogP contribution in [0.5, 0.6) is 11.5 Å². The van der Waals surface area contributed by atoms with Crippen LogP contribution in [-0.4, -0.2) is 28.3 Å². The quantitative estimate of drug-likeness (QED) is 0.521. The number of rotatable bonds is 5.